The van der Waals surface area contributed by atoms with Gasteiger partial charge in [-0.25, -0.2) is 0 Å². The number of aliphatic hydroxyl groups is 1. The summed E-state index contributed by atoms with van der Waals surface area (Å²) in [6.45, 7) is 1.24. The van der Waals surface area contributed by atoms with Crippen molar-refractivity contribution < 1.29 is 23.0 Å². The van der Waals surface area contributed by atoms with Gasteiger partial charge < -0.3 is 14.8 Å². The molecule has 1 aromatic carbocycles. The van der Waals surface area contributed by atoms with E-state index in [1.165, 1.54) is 30.5 Å². The standard InChI is InChI=1S/C19H14ClF3N2O3/c1-10-17(20)18(27)16(15(9-26)25-10)12-4-7-14(24-8-12)11-2-5-13(6-3-11)28-19(21,22)23/h2-8,26H,9H2,1H3,(H,25,27). The molecule has 0 spiro atoms. The third kappa shape index (κ3) is 4.18. The summed E-state index contributed by atoms with van der Waals surface area (Å²) in [6.07, 6.45) is -3.32. The average molecular weight is 411 g/mol. The number of aromatic nitrogens is 2. The number of benzene rings is 1. The molecule has 9 heteroatoms. The second-order valence-corrected chi connectivity index (χ2v) is 6.29. The zero-order valence-corrected chi connectivity index (χ0v) is 15.2. The lowest BCUT2D eigenvalue weighted by Crippen LogP contribution is -2.16. The van der Waals surface area contributed by atoms with E-state index >= 15 is 0 Å². The van der Waals surface area contributed by atoms with E-state index < -0.39 is 11.8 Å². The van der Waals surface area contributed by atoms with E-state index in [9.17, 15) is 23.1 Å². The monoisotopic (exact) mass is 410 g/mol. The highest BCUT2D eigenvalue weighted by Crippen LogP contribution is 2.27. The van der Waals surface area contributed by atoms with E-state index in [1.807, 2.05) is 0 Å². The first-order valence-electron chi connectivity index (χ1n) is 8.04. The summed E-state index contributed by atoms with van der Waals surface area (Å²) >= 11 is 6.01. The summed E-state index contributed by atoms with van der Waals surface area (Å²) in [5.74, 6) is -0.332. The minimum absolute atomic E-state index is 0.0246. The third-order valence-corrected chi connectivity index (χ3v) is 4.44. The van der Waals surface area contributed by atoms with Gasteiger partial charge in [-0.05, 0) is 37.3 Å². The summed E-state index contributed by atoms with van der Waals surface area (Å²) in [6, 6.07) is 8.50. The summed E-state index contributed by atoms with van der Waals surface area (Å²) in [7, 11) is 0. The molecule has 2 N–H and O–H groups in total. The van der Waals surface area contributed by atoms with Gasteiger partial charge in [0.25, 0.3) is 0 Å². The molecule has 0 aliphatic rings. The van der Waals surface area contributed by atoms with Crippen molar-refractivity contribution in [3.05, 3.63) is 69.2 Å². The Balaban J connectivity index is 1.93. The predicted molar refractivity (Wildman–Crippen MR) is 98.1 cm³/mol. The van der Waals surface area contributed by atoms with E-state index in [-0.39, 0.29) is 22.9 Å². The Bertz CT molecular complexity index is 1050. The lowest BCUT2D eigenvalue weighted by Gasteiger charge is -2.11. The molecule has 28 heavy (non-hydrogen) atoms. The number of rotatable bonds is 4. The number of ether oxygens (including phenoxy) is 1. The normalized spacial score (nSPS) is 11.5. The van der Waals surface area contributed by atoms with E-state index in [0.29, 0.717) is 28.2 Å². The summed E-state index contributed by atoms with van der Waals surface area (Å²) in [5, 5.41) is 9.56. The van der Waals surface area contributed by atoms with Crippen LogP contribution in [-0.4, -0.2) is 21.4 Å². The summed E-state index contributed by atoms with van der Waals surface area (Å²) < 4.78 is 40.5. The van der Waals surface area contributed by atoms with E-state index in [2.05, 4.69) is 14.7 Å². The van der Waals surface area contributed by atoms with Crippen molar-refractivity contribution in [1.29, 1.82) is 0 Å². The van der Waals surface area contributed by atoms with Gasteiger partial charge in [-0.1, -0.05) is 17.7 Å². The number of halogens is 4. The van der Waals surface area contributed by atoms with E-state index in [1.54, 1.807) is 19.1 Å². The maximum absolute atomic E-state index is 12.5. The number of aromatic amines is 1. The number of H-pyrrole nitrogens is 1. The Kier molecular flexibility index (Phi) is 5.44. The molecule has 0 saturated carbocycles. The van der Waals surface area contributed by atoms with Crippen molar-refractivity contribution in [1.82, 2.24) is 9.97 Å². The van der Waals surface area contributed by atoms with Crippen molar-refractivity contribution in [2.75, 3.05) is 0 Å². The number of nitrogens with zero attached hydrogens (tertiary/aromatic N) is 1. The first-order valence-corrected chi connectivity index (χ1v) is 8.42. The zero-order chi connectivity index (χ0) is 20.5. The second kappa shape index (κ2) is 7.65. The quantitative estimate of drug-likeness (QED) is 0.666. The second-order valence-electron chi connectivity index (χ2n) is 5.91. The van der Waals surface area contributed by atoms with E-state index in [0.717, 1.165) is 0 Å². The van der Waals surface area contributed by atoms with Crippen LogP contribution >= 0.6 is 11.6 Å². The average Bonchev–Trinajstić information content (AvgIpc) is 2.65. The smallest absolute Gasteiger partial charge is 0.406 e. The van der Waals surface area contributed by atoms with E-state index in [4.69, 9.17) is 11.6 Å². The van der Waals surface area contributed by atoms with Gasteiger partial charge in [0.1, 0.15) is 10.8 Å². The van der Waals surface area contributed by atoms with Crippen molar-refractivity contribution in [2.24, 2.45) is 0 Å². The Morgan fingerprint density at radius 3 is 2.32 bits per heavy atom. The van der Waals surface area contributed by atoms with Crippen LogP contribution in [0.1, 0.15) is 11.4 Å². The van der Waals surface area contributed by atoms with Crippen LogP contribution in [0.3, 0.4) is 0 Å². The van der Waals surface area contributed by atoms with Gasteiger partial charge in [-0.2, -0.15) is 0 Å². The van der Waals surface area contributed by atoms with Crippen molar-refractivity contribution >= 4 is 11.6 Å². The van der Waals surface area contributed by atoms with Crippen LogP contribution in [0.4, 0.5) is 13.2 Å². The third-order valence-electron chi connectivity index (χ3n) is 3.99. The molecule has 2 aromatic heterocycles. The van der Waals surface area contributed by atoms with Crippen LogP contribution in [0.25, 0.3) is 22.4 Å². The number of aliphatic hydroxyl groups excluding tert-OH is 1. The Morgan fingerprint density at radius 1 is 1.14 bits per heavy atom. The molecule has 2 heterocycles. The minimum Gasteiger partial charge on any atom is -0.406 e. The molecule has 5 nitrogen and oxygen atoms in total. The van der Waals surface area contributed by atoms with Crippen LogP contribution in [0.15, 0.2) is 47.4 Å². The van der Waals surface area contributed by atoms with Crippen LogP contribution in [0.5, 0.6) is 5.75 Å². The number of hydrogen-bond acceptors (Lipinski definition) is 4. The Labute approximate surface area is 162 Å². The number of aryl methyl sites for hydroxylation is 1. The fraction of sp³-hybridized carbons (Fsp3) is 0.158. The molecule has 0 saturated heterocycles. The maximum atomic E-state index is 12.5. The summed E-state index contributed by atoms with van der Waals surface area (Å²) in [4.78, 5) is 19.6. The first-order chi connectivity index (χ1) is 13.2. The Hall–Kier alpha value is -2.84. The molecule has 0 fully saturated rings. The van der Waals surface area contributed by atoms with Gasteiger partial charge in [0.15, 0.2) is 0 Å². The van der Waals surface area contributed by atoms with Gasteiger partial charge in [0.05, 0.1) is 23.6 Å². The van der Waals surface area contributed by atoms with Crippen LogP contribution in [0.2, 0.25) is 5.02 Å². The van der Waals surface area contributed by atoms with Crippen LogP contribution < -0.4 is 10.2 Å². The SMILES string of the molecule is Cc1[nH]c(CO)c(-c2ccc(-c3ccc(OC(F)(F)F)cc3)nc2)c(=O)c1Cl. The topological polar surface area (TPSA) is 75.2 Å². The number of alkyl halides is 3. The van der Waals surface area contributed by atoms with Crippen molar-refractivity contribution in [2.45, 2.75) is 19.9 Å². The number of pyridine rings is 2. The van der Waals surface area contributed by atoms with Crippen LogP contribution in [-0.2, 0) is 6.61 Å². The van der Waals surface area contributed by atoms with Gasteiger partial charge >= 0.3 is 6.36 Å². The molecule has 0 bridgehead atoms. The largest absolute Gasteiger partial charge is 0.573 e. The molecule has 0 unspecified atom stereocenters. The molecule has 0 atom stereocenters. The van der Waals surface area contributed by atoms with Gasteiger partial charge in [0, 0.05) is 23.0 Å². The molecule has 0 aliphatic heterocycles. The number of nitrogens with one attached hydrogen (secondary N) is 1. The molecule has 146 valence electrons. The highest BCUT2D eigenvalue weighted by Gasteiger charge is 2.31. The first kappa shape index (κ1) is 19.9. The lowest BCUT2D eigenvalue weighted by atomic mass is 10.0. The fourth-order valence-electron chi connectivity index (χ4n) is 2.72. The highest BCUT2D eigenvalue weighted by atomic mass is 35.5. The van der Waals surface area contributed by atoms with Crippen LogP contribution in [0, 0.1) is 6.92 Å². The Morgan fingerprint density at radius 2 is 1.79 bits per heavy atom. The molecule has 0 aliphatic carbocycles. The predicted octanol–water partition coefficient (Wildman–Crippen LogP) is 4.46. The van der Waals surface area contributed by atoms with Gasteiger partial charge in [0.2, 0.25) is 5.43 Å². The molecular weight excluding hydrogens is 397 g/mol. The fourth-order valence-corrected chi connectivity index (χ4v) is 2.87. The molecule has 0 radical (unpaired) electrons. The van der Waals surface area contributed by atoms with Gasteiger partial charge in [-0.3, -0.25) is 9.78 Å². The van der Waals surface area contributed by atoms with Gasteiger partial charge in [-0.15, -0.1) is 13.2 Å². The van der Waals surface area contributed by atoms with Crippen molar-refractivity contribution in [3.63, 3.8) is 0 Å². The molecule has 3 aromatic rings. The number of hydrogen-bond donors (Lipinski definition) is 2. The minimum atomic E-state index is -4.76. The highest BCUT2D eigenvalue weighted by molar-refractivity contribution is 6.31. The summed E-state index contributed by atoms with van der Waals surface area (Å²) in [5.41, 5.74) is 2.06. The molecule has 3 rings (SSSR count). The zero-order valence-electron chi connectivity index (χ0n) is 14.5. The maximum Gasteiger partial charge on any atom is 0.573 e. The van der Waals surface area contributed by atoms with Crippen molar-refractivity contribution in [3.8, 4) is 28.1 Å². The molecule has 0 amide bonds. The molecular formula is C19H14ClF3N2O3. The lowest BCUT2D eigenvalue weighted by molar-refractivity contribution is -0.274.